The first-order valence-corrected chi connectivity index (χ1v) is 15.8. The zero-order valence-electron chi connectivity index (χ0n) is 23.5. The highest BCUT2D eigenvalue weighted by atomic mass is 35.5. The highest BCUT2D eigenvalue weighted by Gasteiger charge is 2.34. The molecule has 12 heteroatoms. The summed E-state index contributed by atoms with van der Waals surface area (Å²) in [7, 11) is -3.92. The number of fused-ring (bicyclic) bond motifs is 1. The fourth-order valence-corrected chi connectivity index (χ4v) is 5.90. The molecule has 0 aromatic heterocycles. The number of nitrogens with zero attached hydrogens (tertiary/aromatic N) is 2. The van der Waals surface area contributed by atoms with Gasteiger partial charge in [-0.05, 0) is 56.2 Å². The lowest BCUT2D eigenvalue weighted by Gasteiger charge is -2.34. The summed E-state index contributed by atoms with van der Waals surface area (Å²) < 4.78 is 38.5. The lowest BCUT2D eigenvalue weighted by atomic mass is 10.0. The Hall–Kier alpha value is -3.47. The molecule has 1 unspecified atom stereocenters. The summed E-state index contributed by atoms with van der Waals surface area (Å²) in [6.07, 6.45) is 0.205. The van der Waals surface area contributed by atoms with E-state index in [9.17, 15) is 18.0 Å². The van der Waals surface area contributed by atoms with Crippen LogP contribution in [0.2, 0.25) is 10.0 Å². The Kier molecular flexibility index (Phi) is 10.2. The van der Waals surface area contributed by atoms with Gasteiger partial charge in [0.15, 0.2) is 11.5 Å². The van der Waals surface area contributed by atoms with Gasteiger partial charge < -0.3 is 19.7 Å². The van der Waals surface area contributed by atoms with Crippen LogP contribution in [-0.2, 0) is 32.6 Å². The first-order chi connectivity index (χ1) is 20.0. The molecule has 0 radical (unpaired) electrons. The number of anilines is 1. The minimum absolute atomic E-state index is 0.0140. The summed E-state index contributed by atoms with van der Waals surface area (Å²) in [5.41, 5.74) is 1.71. The van der Waals surface area contributed by atoms with Crippen LogP contribution in [0.5, 0.6) is 11.5 Å². The van der Waals surface area contributed by atoms with Crippen molar-refractivity contribution in [3.63, 3.8) is 0 Å². The number of hydrogen-bond donors (Lipinski definition) is 1. The predicted molar refractivity (Wildman–Crippen MR) is 164 cm³/mol. The summed E-state index contributed by atoms with van der Waals surface area (Å²) in [6.45, 7) is 4.62. The smallest absolute Gasteiger partial charge is 0.244 e. The van der Waals surface area contributed by atoms with Gasteiger partial charge in [-0.1, -0.05) is 59.6 Å². The molecule has 0 aliphatic carbocycles. The second-order valence-corrected chi connectivity index (χ2v) is 13.1. The second kappa shape index (κ2) is 13.7. The van der Waals surface area contributed by atoms with Crippen LogP contribution in [0.15, 0.2) is 66.7 Å². The third kappa shape index (κ3) is 7.67. The number of carbonyl (C=O) groups is 2. The number of rotatable bonds is 12. The summed E-state index contributed by atoms with van der Waals surface area (Å²) in [5.74, 6) is -0.329. The Bertz CT molecular complexity index is 1540. The van der Waals surface area contributed by atoms with Crippen LogP contribution in [0.4, 0.5) is 5.69 Å². The minimum atomic E-state index is -3.92. The first-order valence-electron chi connectivity index (χ1n) is 13.5. The molecule has 0 bridgehead atoms. The molecule has 0 saturated carbocycles. The maximum absolute atomic E-state index is 14.2. The molecule has 2 amide bonds. The van der Waals surface area contributed by atoms with Gasteiger partial charge in [-0.3, -0.25) is 13.9 Å². The predicted octanol–water partition coefficient (Wildman–Crippen LogP) is 5.04. The van der Waals surface area contributed by atoms with Crippen LogP contribution in [0.1, 0.15) is 31.9 Å². The number of hydrogen-bond acceptors (Lipinski definition) is 6. The second-order valence-electron chi connectivity index (χ2n) is 10.1. The number of nitrogens with one attached hydrogen (secondary N) is 1. The van der Waals surface area contributed by atoms with Crippen LogP contribution in [-0.4, -0.2) is 56.3 Å². The molecule has 0 fully saturated rings. The molecule has 3 aromatic carbocycles. The molecule has 9 nitrogen and oxygen atoms in total. The zero-order valence-corrected chi connectivity index (χ0v) is 25.9. The van der Waals surface area contributed by atoms with Crippen molar-refractivity contribution >= 4 is 50.7 Å². The van der Waals surface area contributed by atoms with Crippen LogP contribution in [0, 0.1) is 0 Å². The Labute approximate surface area is 256 Å². The van der Waals surface area contributed by atoms with Crippen molar-refractivity contribution < 1.29 is 27.5 Å². The Morgan fingerprint density at radius 2 is 1.64 bits per heavy atom. The van der Waals surface area contributed by atoms with Gasteiger partial charge in [-0.2, -0.15) is 0 Å². The van der Waals surface area contributed by atoms with Gasteiger partial charge in [0.05, 0.1) is 21.5 Å². The van der Waals surface area contributed by atoms with E-state index in [0.717, 1.165) is 9.87 Å². The molecule has 1 aliphatic rings. The Balaban J connectivity index is 1.76. The molecule has 1 atom stereocenters. The Morgan fingerprint density at radius 1 is 0.929 bits per heavy atom. The van der Waals surface area contributed by atoms with Crippen LogP contribution in [0.25, 0.3) is 0 Å². The molecule has 0 spiro atoms. The molecule has 1 N–H and O–H groups in total. The molecule has 1 aliphatic heterocycles. The Morgan fingerprint density at radius 3 is 2.31 bits per heavy atom. The van der Waals surface area contributed by atoms with Crippen molar-refractivity contribution in [2.75, 3.05) is 23.4 Å². The number of carbonyl (C=O) groups excluding carboxylic acids is 2. The fraction of sp³-hybridized carbons (Fsp3) is 0.333. The first kappa shape index (κ1) is 31.5. The van der Waals surface area contributed by atoms with Crippen LogP contribution < -0.4 is 19.1 Å². The maximum Gasteiger partial charge on any atom is 0.244 e. The van der Waals surface area contributed by atoms with Crippen molar-refractivity contribution in [1.82, 2.24) is 10.2 Å². The van der Waals surface area contributed by atoms with Gasteiger partial charge in [0, 0.05) is 25.1 Å². The van der Waals surface area contributed by atoms with Gasteiger partial charge in [-0.25, -0.2) is 8.42 Å². The van der Waals surface area contributed by atoms with Crippen LogP contribution in [0.3, 0.4) is 0 Å². The molecular formula is C30H33Cl2N3O6S. The standard InChI is InChI=1S/C30H33Cl2N3O6S/c1-4-42(38,39)35(23-11-13-27-28(16-23)41-19-40-27)18-29(36)34(17-22-10-12-24(31)25(32)14-22)26(30(37)33-20(2)3)15-21-8-6-5-7-9-21/h5-14,16,20,26H,4,15,17-19H2,1-3H3,(H,33,37). The summed E-state index contributed by atoms with van der Waals surface area (Å²) in [4.78, 5) is 29.3. The number of amides is 2. The minimum Gasteiger partial charge on any atom is -0.454 e. The number of ether oxygens (including phenoxy) is 2. The van der Waals surface area contributed by atoms with Gasteiger partial charge in [0.1, 0.15) is 12.6 Å². The number of halogens is 2. The van der Waals surface area contributed by atoms with Crippen molar-refractivity contribution in [3.8, 4) is 11.5 Å². The molecule has 0 saturated heterocycles. The lowest BCUT2D eigenvalue weighted by Crippen LogP contribution is -2.54. The molecule has 1 heterocycles. The van der Waals surface area contributed by atoms with E-state index < -0.39 is 28.5 Å². The topological polar surface area (TPSA) is 105 Å². The average molecular weight is 635 g/mol. The van der Waals surface area contributed by atoms with E-state index in [4.69, 9.17) is 32.7 Å². The fourth-order valence-electron chi connectivity index (χ4n) is 4.53. The highest BCUT2D eigenvalue weighted by Crippen LogP contribution is 2.36. The normalized spacial score (nSPS) is 13.1. The summed E-state index contributed by atoms with van der Waals surface area (Å²) in [6, 6.07) is 17.8. The molecule has 224 valence electrons. The van der Waals surface area contributed by atoms with Crippen molar-refractivity contribution in [2.45, 2.75) is 45.8 Å². The largest absolute Gasteiger partial charge is 0.454 e. The molecule has 4 rings (SSSR count). The monoisotopic (exact) mass is 633 g/mol. The highest BCUT2D eigenvalue weighted by molar-refractivity contribution is 7.92. The number of sulfonamides is 1. The quantitative estimate of drug-likeness (QED) is 0.299. The van der Waals surface area contributed by atoms with Crippen molar-refractivity contribution in [2.24, 2.45) is 0 Å². The molecular weight excluding hydrogens is 601 g/mol. The molecule has 42 heavy (non-hydrogen) atoms. The zero-order chi connectivity index (χ0) is 30.4. The summed E-state index contributed by atoms with van der Waals surface area (Å²) >= 11 is 12.4. The van der Waals surface area contributed by atoms with E-state index >= 15 is 0 Å². The van der Waals surface area contributed by atoms with Gasteiger partial charge in [0.25, 0.3) is 0 Å². The number of benzene rings is 3. The SMILES string of the molecule is CCS(=O)(=O)N(CC(=O)N(Cc1ccc(Cl)c(Cl)c1)C(Cc1ccccc1)C(=O)NC(C)C)c1ccc2c(c1)OCO2. The summed E-state index contributed by atoms with van der Waals surface area (Å²) in [5, 5.41) is 3.56. The van der Waals surface area contributed by atoms with Gasteiger partial charge in [-0.15, -0.1) is 0 Å². The van der Waals surface area contributed by atoms with E-state index in [1.54, 1.807) is 30.3 Å². The van der Waals surface area contributed by atoms with Crippen molar-refractivity contribution in [1.29, 1.82) is 0 Å². The van der Waals surface area contributed by atoms with E-state index in [2.05, 4.69) is 5.32 Å². The van der Waals surface area contributed by atoms with E-state index in [0.29, 0.717) is 27.1 Å². The van der Waals surface area contributed by atoms with E-state index in [-0.39, 0.29) is 43.1 Å². The molecule has 3 aromatic rings. The third-order valence-corrected chi connectivity index (χ3v) is 9.14. The maximum atomic E-state index is 14.2. The average Bonchev–Trinajstić information content (AvgIpc) is 3.43. The van der Waals surface area contributed by atoms with Gasteiger partial charge >= 0.3 is 0 Å². The van der Waals surface area contributed by atoms with E-state index in [1.807, 2.05) is 44.2 Å². The van der Waals surface area contributed by atoms with E-state index in [1.165, 1.54) is 17.9 Å². The van der Waals surface area contributed by atoms with Crippen molar-refractivity contribution in [3.05, 3.63) is 87.9 Å². The van der Waals surface area contributed by atoms with Crippen LogP contribution >= 0.6 is 23.2 Å². The van der Waals surface area contributed by atoms with Gasteiger partial charge in [0.2, 0.25) is 28.6 Å². The third-order valence-electron chi connectivity index (χ3n) is 6.66. The lowest BCUT2D eigenvalue weighted by molar-refractivity contribution is -0.140.